The third-order valence-corrected chi connectivity index (χ3v) is 3.99. The molecular formula is C23H29N3O5. The normalized spacial score (nSPS) is 10.7. The van der Waals surface area contributed by atoms with Gasteiger partial charge in [-0.1, -0.05) is 12.1 Å². The summed E-state index contributed by atoms with van der Waals surface area (Å²) in [4.78, 5) is 24.1. The molecule has 2 aromatic rings. The maximum Gasteiger partial charge on any atom is 0.240 e. The lowest BCUT2D eigenvalue weighted by atomic mass is 10.2. The van der Waals surface area contributed by atoms with Crippen LogP contribution < -0.4 is 25.0 Å². The van der Waals surface area contributed by atoms with E-state index in [4.69, 9.17) is 14.2 Å². The Morgan fingerprint density at radius 1 is 1.03 bits per heavy atom. The van der Waals surface area contributed by atoms with E-state index in [-0.39, 0.29) is 30.8 Å². The van der Waals surface area contributed by atoms with Crippen LogP contribution in [0, 0.1) is 0 Å². The van der Waals surface area contributed by atoms with E-state index in [1.807, 2.05) is 32.9 Å². The summed E-state index contributed by atoms with van der Waals surface area (Å²) in [5.74, 6) is 1.17. The molecule has 8 nitrogen and oxygen atoms in total. The zero-order chi connectivity index (χ0) is 22.6. The number of rotatable bonds is 11. The van der Waals surface area contributed by atoms with E-state index in [1.165, 1.54) is 13.3 Å². The molecule has 8 heteroatoms. The van der Waals surface area contributed by atoms with E-state index in [9.17, 15) is 9.59 Å². The van der Waals surface area contributed by atoms with Crippen LogP contribution in [-0.2, 0) is 9.59 Å². The monoisotopic (exact) mass is 427 g/mol. The molecule has 2 amide bonds. The van der Waals surface area contributed by atoms with Crippen molar-refractivity contribution in [3.8, 4) is 17.2 Å². The molecular weight excluding hydrogens is 398 g/mol. The lowest BCUT2D eigenvalue weighted by Crippen LogP contribution is -2.20. The van der Waals surface area contributed by atoms with Crippen LogP contribution in [0.25, 0.3) is 0 Å². The third-order valence-electron chi connectivity index (χ3n) is 3.99. The minimum absolute atomic E-state index is 0.00366. The van der Waals surface area contributed by atoms with E-state index < -0.39 is 0 Å². The van der Waals surface area contributed by atoms with Gasteiger partial charge in [-0.3, -0.25) is 9.59 Å². The molecule has 0 heterocycles. The molecule has 0 unspecified atom stereocenters. The smallest absolute Gasteiger partial charge is 0.240 e. The van der Waals surface area contributed by atoms with Crippen LogP contribution in [0.2, 0.25) is 0 Å². The Morgan fingerprint density at radius 2 is 1.77 bits per heavy atom. The van der Waals surface area contributed by atoms with Gasteiger partial charge in [0.2, 0.25) is 11.8 Å². The minimum atomic E-state index is -0.365. The molecule has 2 aromatic carbocycles. The predicted octanol–water partition coefficient (Wildman–Crippen LogP) is 3.75. The van der Waals surface area contributed by atoms with Crippen molar-refractivity contribution in [2.75, 3.05) is 19.0 Å². The van der Waals surface area contributed by atoms with Crippen LogP contribution in [-0.4, -0.2) is 37.8 Å². The Hall–Kier alpha value is -3.55. The lowest BCUT2D eigenvalue weighted by Gasteiger charge is -2.14. The average Bonchev–Trinajstić information content (AvgIpc) is 2.74. The highest BCUT2D eigenvalue weighted by Crippen LogP contribution is 2.29. The van der Waals surface area contributed by atoms with Gasteiger partial charge in [0.05, 0.1) is 31.7 Å². The maximum atomic E-state index is 12.1. The molecule has 0 bridgehead atoms. The van der Waals surface area contributed by atoms with Crippen molar-refractivity contribution in [1.82, 2.24) is 5.43 Å². The molecule has 2 N–H and O–H groups in total. The highest BCUT2D eigenvalue weighted by molar-refractivity contribution is 5.94. The van der Waals surface area contributed by atoms with Gasteiger partial charge in [-0.2, -0.15) is 5.10 Å². The van der Waals surface area contributed by atoms with Crippen molar-refractivity contribution in [3.63, 3.8) is 0 Å². The number of hydrazone groups is 1. The summed E-state index contributed by atoms with van der Waals surface area (Å²) < 4.78 is 16.5. The van der Waals surface area contributed by atoms with E-state index in [0.29, 0.717) is 29.5 Å². The Morgan fingerprint density at radius 3 is 2.48 bits per heavy atom. The van der Waals surface area contributed by atoms with Gasteiger partial charge < -0.3 is 19.5 Å². The van der Waals surface area contributed by atoms with Gasteiger partial charge in [0.1, 0.15) is 5.75 Å². The van der Waals surface area contributed by atoms with Crippen LogP contribution >= 0.6 is 0 Å². The molecule has 0 spiro atoms. The molecule has 0 saturated heterocycles. The lowest BCUT2D eigenvalue weighted by molar-refractivity contribution is -0.124. The summed E-state index contributed by atoms with van der Waals surface area (Å²) in [5.41, 5.74) is 3.73. The number of hydrogen-bond donors (Lipinski definition) is 2. The molecule has 0 radical (unpaired) electrons. The molecule has 0 fully saturated rings. The van der Waals surface area contributed by atoms with Crippen molar-refractivity contribution < 1.29 is 23.8 Å². The standard InChI is InChI=1S/C23H29N3O5/c1-5-30-21-14-17(10-11-20(21)31-16(2)3)15-24-26-23(28)13-12-22(27)25-18-8-6-7-9-19(18)29-4/h6-11,14-16H,5,12-13H2,1-4H3,(H,25,27)(H,26,28). The van der Waals surface area contributed by atoms with E-state index in [2.05, 4.69) is 15.8 Å². The molecule has 2 rings (SSSR count). The number of ether oxygens (including phenoxy) is 3. The largest absolute Gasteiger partial charge is 0.495 e. The number of para-hydroxylation sites is 2. The highest BCUT2D eigenvalue weighted by atomic mass is 16.5. The minimum Gasteiger partial charge on any atom is -0.495 e. The molecule has 166 valence electrons. The first-order valence-electron chi connectivity index (χ1n) is 10.1. The number of nitrogens with zero attached hydrogens (tertiary/aromatic N) is 1. The SMILES string of the molecule is CCOc1cc(C=NNC(=O)CCC(=O)Nc2ccccc2OC)ccc1OC(C)C. The number of anilines is 1. The van der Waals surface area contributed by atoms with Gasteiger partial charge >= 0.3 is 0 Å². The summed E-state index contributed by atoms with van der Waals surface area (Å²) in [7, 11) is 1.53. The number of carbonyl (C=O) groups excluding carboxylic acids is 2. The Balaban J connectivity index is 1.85. The molecule has 0 saturated carbocycles. The second-order valence-electron chi connectivity index (χ2n) is 6.85. The third kappa shape index (κ3) is 8.00. The van der Waals surface area contributed by atoms with Crippen molar-refractivity contribution in [3.05, 3.63) is 48.0 Å². The molecule has 0 atom stereocenters. The summed E-state index contributed by atoms with van der Waals surface area (Å²) in [5, 5.41) is 6.68. The highest BCUT2D eigenvalue weighted by Gasteiger charge is 2.10. The summed E-state index contributed by atoms with van der Waals surface area (Å²) >= 11 is 0. The molecule has 0 aromatic heterocycles. The first-order chi connectivity index (χ1) is 14.9. The summed E-state index contributed by atoms with van der Waals surface area (Å²) in [6.45, 7) is 6.28. The number of nitrogens with one attached hydrogen (secondary N) is 2. The second kappa shape index (κ2) is 12.2. The van der Waals surface area contributed by atoms with Gasteiger partial charge in [-0.25, -0.2) is 5.43 Å². The Kier molecular flexibility index (Phi) is 9.35. The quantitative estimate of drug-likeness (QED) is 0.420. The fraction of sp³-hybridized carbons (Fsp3) is 0.348. The van der Waals surface area contributed by atoms with Gasteiger partial charge in [0.15, 0.2) is 11.5 Å². The number of methoxy groups -OCH3 is 1. The van der Waals surface area contributed by atoms with Gasteiger partial charge in [-0.05, 0) is 56.7 Å². The predicted molar refractivity (Wildman–Crippen MR) is 120 cm³/mol. The number of amides is 2. The van der Waals surface area contributed by atoms with Crippen molar-refractivity contribution >= 4 is 23.7 Å². The molecule has 0 aliphatic rings. The van der Waals surface area contributed by atoms with E-state index in [0.717, 1.165) is 5.56 Å². The van der Waals surface area contributed by atoms with Crippen LogP contribution in [0.3, 0.4) is 0 Å². The van der Waals surface area contributed by atoms with Crippen LogP contribution in [0.15, 0.2) is 47.6 Å². The Bertz CT molecular complexity index is 912. The van der Waals surface area contributed by atoms with E-state index in [1.54, 1.807) is 30.3 Å². The number of benzene rings is 2. The van der Waals surface area contributed by atoms with Crippen molar-refractivity contribution in [2.45, 2.75) is 39.7 Å². The average molecular weight is 428 g/mol. The van der Waals surface area contributed by atoms with Gasteiger partial charge in [0.25, 0.3) is 0 Å². The number of hydrogen-bond acceptors (Lipinski definition) is 6. The van der Waals surface area contributed by atoms with Crippen molar-refractivity contribution in [2.24, 2.45) is 5.10 Å². The van der Waals surface area contributed by atoms with Gasteiger partial charge in [0, 0.05) is 12.8 Å². The first-order valence-corrected chi connectivity index (χ1v) is 10.1. The van der Waals surface area contributed by atoms with Crippen LogP contribution in [0.1, 0.15) is 39.2 Å². The fourth-order valence-corrected chi connectivity index (χ4v) is 2.65. The van der Waals surface area contributed by atoms with Crippen LogP contribution in [0.5, 0.6) is 17.2 Å². The van der Waals surface area contributed by atoms with Gasteiger partial charge in [-0.15, -0.1) is 0 Å². The second-order valence-corrected chi connectivity index (χ2v) is 6.85. The topological polar surface area (TPSA) is 98.2 Å². The first kappa shape index (κ1) is 23.7. The van der Waals surface area contributed by atoms with Crippen LogP contribution in [0.4, 0.5) is 5.69 Å². The zero-order valence-corrected chi connectivity index (χ0v) is 18.3. The summed E-state index contributed by atoms with van der Waals surface area (Å²) in [6.07, 6.45) is 1.56. The maximum absolute atomic E-state index is 12.1. The molecule has 0 aliphatic carbocycles. The molecule has 0 aliphatic heterocycles. The summed E-state index contributed by atoms with van der Waals surface area (Å²) in [6, 6.07) is 12.5. The molecule has 31 heavy (non-hydrogen) atoms. The zero-order valence-electron chi connectivity index (χ0n) is 18.3. The Labute approximate surface area is 182 Å². The fourth-order valence-electron chi connectivity index (χ4n) is 2.65. The number of carbonyl (C=O) groups is 2. The van der Waals surface area contributed by atoms with E-state index >= 15 is 0 Å². The van der Waals surface area contributed by atoms with Crippen molar-refractivity contribution in [1.29, 1.82) is 0 Å².